The highest BCUT2D eigenvalue weighted by Crippen LogP contribution is 2.22. The Kier molecular flexibility index (Phi) is 3.73. The van der Waals surface area contributed by atoms with Crippen molar-refractivity contribution in [2.75, 3.05) is 5.32 Å². The van der Waals surface area contributed by atoms with Gasteiger partial charge < -0.3 is 10.6 Å². The second-order valence-electron chi connectivity index (χ2n) is 4.33. The molecule has 1 atom stereocenters. The molecule has 9 heteroatoms. The van der Waals surface area contributed by atoms with Gasteiger partial charge in [-0.25, -0.2) is 17.9 Å². The molecule has 1 aliphatic heterocycles. The molecule has 0 unspecified atom stereocenters. The number of benzene rings is 1. The van der Waals surface area contributed by atoms with Gasteiger partial charge in [-0.3, -0.25) is 9.59 Å². The number of hydrogen-bond donors (Lipinski definition) is 3. The van der Waals surface area contributed by atoms with Crippen molar-refractivity contribution in [2.45, 2.75) is 23.8 Å². The molecular formula is C11H12FN3O4S. The molecule has 0 aromatic heterocycles. The molecule has 1 aromatic rings. The van der Waals surface area contributed by atoms with Crippen LogP contribution in [0.4, 0.5) is 10.1 Å². The highest BCUT2D eigenvalue weighted by molar-refractivity contribution is 7.89. The van der Waals surface area contributed by atoms with Crippen LogP contribution in [0.3, 0.4) is 0 Å². The molecule has 108 valence electrons. The lowest BCUT2D eigenvalue weighted by Gasteiger charge is -2.13. The van der Waals surface area contributed by atoms with Gasteiger partial charge in [0.1, 0.15) is 16.8 Å². The van der Waals surface area contributed by atoms with E-state index in [1.165, 1.54) is 0 Å². The van der Waals surface area contributed by atoms with Crippen LogP contribution in [0.2, 0.25) is 0 Å². The summed E-state index contributed by atoms with van der Waals surface area (Å²) >= 11 is 0. The van der Waals surface area contributed by atoms with Crippen LogP contribution in [0.15, 0.2) is 23.1 Å². The molecule has 1 aromatic carbocycles. The summed E-state index contributed by atoms with van der Waals surface area (Å²) in [4.78, 5) is 22.5. The van der Waals surface area contributed by atoms with Gasteiger partial charge in [-0.15, -0.1) is 0 Å². The zero-order valence-electron chi connectivity index (χ0n) is 10.2. The number of nitrogens with one attached hydrogen (secondary N) is 2. The summed E-state index contributed by atoms with van der Waals surface area (Å²) < 4.78 is 35.9. The second-order valence-corrected chi connectivity index (χ2v) is 5.86. The van der Waals surface area contributed by atoms with Gasteiger partial charge in [-0.1, -0.05) is 0 Å². The van der Waals surface area contributed by atoms with Gasteiger partial charge in [0.2, 0.25) is 21.8 Å². The molecule has 0 aliphatic carbocycles. The van der Waals surface area contributed by atoms with Gasteiger partial charge >= 0.3 is 0 Å². The molecule has 1 saturated heterocycles. The summed E-state index contributed by atoms with van der Waals surface area (Å²) in [6.45, 7) is 0. The van der Waals surface area contributed by atoms with Crippen LogP contribution in [-0.2, 0) is 19.6 Å². The third-order valence-electron chi connectivity index (χ3n) is 2.82. The van der Waals surface area contributed by atoms with Crippen molar-refractivity contribution in [2.24, 2.45) is 5.14 Å². The fourth-order valence-electron chi connectivity index (χ4n) is 1.88. The first-order chi connectivity index (χ1) is 9.27. The van der Waals surface area contributed by atoms with Crippen LogP contribution in [0.1, 0.15) is 12.8 Å². The van der Waals surface area contributed by atoms with Crippen molar-refractivity contribution >= 4 is 27.5 Å². The van der Waals surface area contributed by atoms with Crippen LogP contribution in [0, 0.1) is 5.82 Å². The van der Waals surface area contributed by atoms with Crippen LogP contribution >= 0.6 is 0 Å². The topological polar surface area (TPSA) is 118 Å². The summed E-state index contributed by atoms with van der Waals surface area (Å²) in [7, 11) is -4.10. The molecule has 1 aliphatic rings. The standard InChI is InChI=1S/C11H12FN3O4S/c12-6-1-3-9(20(13,18)19)8(5-6)15-11(17)7-2-4-10(16)14-7/h1,3,5,7H,2,4H2,(H,14,16)(H,15,17)(H2,13,18,19)/t7-/m1/s1. The summed E-state index contributed by atoms with van der Waals surface area (Å²) in [6, 6.07) is 1.98. The van der Waals surface area contributed by atoms with E-state index < -0.39 is 32.7 Å². The molecule has 4 N–H and O–H groups in total. The Morgan fingerprint density at radius 1 is 1.45 bits per heavy atom. The van der Waals surface area contributed by atoms with Crippen molar-refractivity contribution in [3.8, 4) is 0 Å². The number of sulfonamides is 1. The summed E-state index contributed by atoms with van der Waals surface area (Å²) in [6.07, 6.45) is 0.508. The number of rotatable bonds is 3. The lowest BCUT2D eigenvalue weighted by atomic mass is 10.2. The van der Waals surface area contributed by atoms with Crippen molar-refractivity contribution in [3.63, 3.8) is 0 Å². The van der Waals surface area contributed by atoms with E-state index in [4.69, 9.17) is 5.14 Å². The molecule has 1 fully saturated rings. The van der Waals surface area contributed by atoms with Gasteiger partial charge in [0.25, 0.3) is 0 Å². The van der Waals surface area contributed by atoms with Crippen LogP contribution in [-0.4, -0.2) is 26.3 Å². The Morgan fingerprint density at radius 2 is 2.15 bits per heavy atom. The molecule has 7 nitrogen and oxygen atoms in total. The quantitative estimate of drug-likeness (QED) is 0.709. The highest BCUT2D eigenvalue weighted by Gasteiger charge is 2.28. The monoisotopic (exact) mass is 301 g/mol. The van der Waals surface area contributed by atoms with Gasteiger partial charge in [0.15, 0.2) is 0 Å². The van der Waals surface area contributed by atoms with Crippen molar-refractivity contribution in [3.05, 3.63) is 24.0 Å². The maximum atomic E-state index is 13.2. The average Bonchev–Trinajstić information content (AvgIpc) is 2.74. The second kappa shape index (κ2) is 5.17. The van der Waals surface area contributed by atoms with Crippen molar-refractivity contribution < 1.29 is 22.4 Å². The number of halogens is 1. The first-order valence-corrected chi connectivity index (χ1v) is 7.24. The number of amides is 2. The van der Waals surface area contributed by atoms with E-state index in [1.807, 2.05) is 0 Å². The predicted octanol–water partition coefficient (Wildman–Crippen LogP) is -0.310. The van der Waals surface area contributed by atoms with Crippen LogP contribution in [0.5, 0.6) is 0 Å². The normalized spacial score (nSPS) is 18.7. The van der Waals surface area contributed by atoms with Crippen molar-refractivity contribution in [1.82, 2.24) is 5.32 Å². The lowest BCUT2D eigenvalue weighted by molar-refractivity contribution is -0.122. The van der Waals surface area contributed by atoms with E-state index in [9.17, 15) is 22.4 Å². The first-order valence-electron chi connectivity index (χ1n) is 5.70. The van der Waals surface area contributed by atoms with Gasteiger partial charge in [0.05, 0.1) is 5.69 Å². The van der Waals surface area contributed by atoms with Gasteiger partial charge in [-0.2, -0.15) is 0 Å². The molecular weight excluding hydrogens is 289 g/mol. The molecule has 2 amide bonds. The molecule has 0 spiro atoms. The largest absolute Gasteiger partial charge is 0.344 e. The maximum Gasteiger partial charge on any atom is 0.246 e. The summed E-state index contributed by atoms with van der Waals surface area (Å²) in [5.74, 6) is -1.61. The van der Waals surface area contributed by atoms with E-state index in [1.54, 1.807) is 0 Å². The number of hydrogen-bond acceptors (Lipinski definition) is 4. The Labute approximate surface area is 114 Å². The lowest BCUT2D eigenvalue weighted by Crippen LogP contribution is -2.37. The van der Waals surface area contributed by atoms with Gasteiger partial charge in [-0.05, 0) is 24.6 Å². The van der Waals surface area contributed by atoms with E-state index in [-0.39, 0.29) is 18.0 Å². The van der Waals surface area contributed by atoms with Crippen molar-refractivity contribution in [1.29, 1.82) is 0 Å². The minimum Gasteiger partial charge on any atom is -0.344 e. The average molecular weight is 301 g/mol. The van der Waals surface area contributed by atoms with E-state index in [0.29, 0.717) is 6.42 Å². The Morgan fingerprint density at radius 3 is 2.70 bits per heavy atom. The molecule has 0 saturated carbocycles. The SMILES string of the molecule is NS(=O)(=O)c1ccc(F)cc1NC(=O)[C@H]1CCC(=O)N1. The molecule has 20 heavy (non-hydrogen) atoms. The maximum absolute atomic E-state index is 13.2. The van der Waals surface area contributed by atoms with E-state index in [0.717, 1.165) is 18.2 Å². The number of carbonyl (C=O) groups excluding carboxylic acids is 2. The number of anilines is 1. The van der Waals surface area contributed by atoms with E-state index in [2.05, 4.69) is 10.6 Å². The Hall–Kier alpha value is -2.00. The van der Waals surface area contributed by atoms with Crippen LogP contribution < -0.4 is 15.8 Å². The Balaban J connectivity index is 2.27. The molecule has 1 heterocycles. The summed E-state index contributed by atoms with van der Waals surface area (Å²) in [5.41, 5.74) is -0.251. The van der Waals surface area contributed by atoms with E-state index >= 15 is 0 Å². The number of nitrogens with two attached hydrogens (primary N) is 1. The number of primary sulfonamides is 1. The fraction of sp³-hybridized carbons (Fsp3) is 0.273. The molecule has 0 bridgehead atoms. The highest BCUT2D eigenvalue weighted by atomic mass is 32.2. The molecule has 2 rings (SSSR count). The summed E-state index contributed by atoms with van der Waals surface area (Å²) in [5, 5.41) is 9.68. The fourth-order valence-corrected chi connectivity index (χ4v) is 2.55. The zero-order valence-corrected chi connectivity index (χ0v) is 11.0. The van der Waals surface area contributed by atoms with Crippen LogP contribution in [0.25, 0.3) is 0 Å². The Bertz CT molecular complexity index is 674. The third kappa shape index (κ3) is 3.11. The minimum atomic E-state index is -4.10. The molecule has 0 radical (unpaired) electrons. The predicted molar refractivity (Wildman–Crippen MR) is 67.6 cm³/mol. The van der Waals surface area contributed by atoms with Gasteiger partial charge in [0, 0.05) is 6.42 Å². The minimum absolute atomic E-state index is 0.212. The first kappa shape index (κ1) is 14.4. The number of carbonyl (C=O) groups is 2. The zero-order chi connectivity index (χ0) is 14.9. The smallest absolute Gasteiger partial charge is 0.246 e. The third-order valence-corrected chi connectivity index (χ3v) is 3.79.